The third-order valence-corrected chi connectivity index (χ3v) is 4.96. The molecule has 25 heavy (non-hydrogen) atoms. The number of thiocarbonyl (C=S) groups is 1. The van der Waals surface area contributed by atoms with E-state index >= 15 is 0 Å². The molecule has 5 nitrogen and oxygen atoms in total. The summed E-state index contributed by atoms with van der Waals surface area (Å²) >= 11 is 6.61. The normalized spacial score (nSPS) is 10.2. The molecule has 1 amide bonds. The molecule has 0 fully saturated rings. The van der Waals surface area contributed by atoms with Gasteiger partial charge in [-0.1, -0.05) is 17.7 Å². The Morgan fingerprint density at radius 3 is 2.40 bits per heavy atom. The summed E-state index contributed by atoms with van der Waals surface area (Å²) in [5, 5.41) is 6.28. The number of aryl methyl sites for hydroxylation is 2. The summed E-state index contributed by atoms with van der Waals surface area (Å²) in [5.74, 6) is -0.709. The molecule has 0 spiro atoms. The van der Waals surface area contributed by atoms with Crippen molar-refractivity contribution in [3.05, 3.63) is 51.4 Å². The highest BCUT2D eigenvalue weighted by Crippen LogP contribution is 2.33. The lowest BCUT2D eigenvalue weighted by Crippen LogP contribution is -2.34. The molecule has 0 unspecified atom stereocenters. The van der Waals surface area contributed by atoms with E-state index in [1.54, 1.807) is 19.1 Å². The summed E-state index contributed by atoms with van der Waals surface area (Å²) in [6, 6.07) is 7.18. The fraction of sp³-hybridized carbons (Fsp3) is 0.278. The van der Waals surface area contributed by atoms with Crippen LogP contribution in [0, 0.1) is 20.8 Å². The van der Waals surface area contributed by atoms with Crippen LogP contribution < -0.4 is 10.6 Å². The summed E-state index contributed by atoms with van der Waals surface area (Å²) in [5.41, 5.74) is 2.88. The minimum atomic E-state index is -0.403. The van der Waals surface area contributed by atoms with Crippen LogP contribution in [0.25, 0.3) is 0 Å². The van der Waals surface area contributed by atoms with E-state index < -0.39 is 5.97 Å². The number of ether oxygens (including phenoxy) is 1. The molecular formula is C18H20N2O3S2. The second-order valence-corrected chi connectivity index (χ2v) is 7.12. The average molecular weight is 377 g/mol. The molecule has 132 valence electrons. The van der Waals surface area contributed by atoms with Gasteiger partial charge in [0.15, 0.2) is 5.11 Å². The zero-order valence-electron chi connectivity index (χ0n) is 14.6. The number of benzene rings is 1. The van der Waals surface area contributed by atoms with E-state index in [0.29, 0.717) is 22.7 Å². The molecule has 0 aliphatic heterocycles. The van der Waals surface area contributed by atoms with E-state index in [-0.39, 0.29) is 11.0 Å². The van der Waals surface area contributed by atoms with Crippen LogP contribution in [0.1, 0.15) is 43.6 Å². The van der Waals surface area contributed by atoms with Crippen molar-refractivity contribution in [1.29, 1.82) is 0 Å². The Hall–Kier alpha value is -2.25. The van der Waals surface area contributed by atoms with Crippen molar-refractivity contribution >= 4 is 45.5 Å². The predicted octanol–water partition coefficient (Wildman–Crippen LogP) is 3.98. The van der Waals surface area contributed by atoms with Crippen molar-refractivity contribution in [2.24, 2.45) is 0 Å². The van der Waals surface area contributed by atoms with Crippen molar-refractivity contribution in [1.82, 2.24) is 5.32 Å². The number of anilines is 1. The number of rotatable bonds is 4. The highest BCUT2D eigenvalue weighted by atomic mass is 32.1. The molecule has 2 N–H and O–H groups in total. The number of amides is 1. The topological polar surface area (TPSA) is 67.4 Å². The number of nitrogens with one attached hydrogen (secondary N) is 2. The van der Waals surface area contributed by atoms with Gasteiger partial charge in [0.2, 0.25) is 0 Å². The quantitative estimate of drug-likeness (QED) is 0.624. The van der Waals surface area contributed by atoms with Gasteiger partial charge >= 0.3 is 5.97 Å². The van der Waals surface area contributed by atoms with Crippen LogP contribution in [0.5, 0.6) is 0 Å². The third-order valence-electron chi connectivity index (χ3n) is 3.63. The van der Waals surface area contributed by atoms with Gasteiger partial charge in [-0.05, 0) is 57.6 Å². The van der Waals surface area contributed by atoms with E-state index in [4.69, 9.17) is 17.0 Å². The van der Waals surface area contributed by atoms with Crippen LogP contribution in [-0.4, -0.2) is 23.6 Å². The Bertz CT molecular complexity index is 810. The summed E-state index contributed by atoms with van der Waals surface area (Å²) in [6.07, 6.45) is 0. The molecule has 1 heterocycles. The first-order chi connectivity index (χ1) is 11.8. The van der Waals surface area contributed by atoms with E-state index in [1.165, 1.54) is 11.3 Å². The van der Waals surface area contributed by atoms with Crippen molar-refractivity contribution < 1.29 is 14.3 Å². The smallest absolute Gasteiger partial charge is 0.341 e. The van der Waals surface area contributed by atoms with Gasteiger partial charge in [0, 0.05) is 10.4 Å². The number of carbonyl (C=O) groups excluding carboxylic acids is 2. The van der Waals surface area contributed by atoms with Gasteiger partial charge in [-0.3, -0.25) is 10.1 Å². The number of esters is 1. The Kier molecular flexibility index (Phi) is 6.27. The molecule has 0 saturated carbocycles. The monoisotopic (exact) mass is 376 g/mol. The van der Waals surface area contributed by atoms with Crippen LogP contribution in [0.3, 0.4) is 0 Å². The summed E-state index contributed by atoms with van der Waals surface area (Å²) < 4.78 is 5.10. The van der Waals surface area contributed by atoms with Crippen molar-refractivity contribution in [2.45, 2.75) is 27.7 Å². The molecule has 0 saturated heterocycles. The first kappa shape index (κ1) is 19.1. The van der Waals surface area contributed by atoms with Crippen LogP contribution in [0.4, 0.5) is 5.00 Å². The zero-order valence-corrected chi connectivity index (χ0v) is 16.2. The molecule has 0 aliphatic rings. The maximum Gasteiger partial charge on any atom is 0.341 e. The lowest BCUT2D eigenvalue weighted by atomic mass is 10.1. The van der Waals surface area contributed by atoms with Gasteiger partial charge in [0.1, 0.15) is 5.00 Å². The fourth-order valence-corrected chi connectivity index (χ4v) is 3.49. The average Bonchev–Trinajstić information content (AvgIpc) is 2.82. The lowest BCUT2D eigenvalue weighted by Gasteiger charge is -2.10. The number of hydrogen-bond donors (Lipinski definition) is 2. The maximum absolute atomic E-state index is 12.2. The Morgan fingerprint density at radius 2 is 1.80 bits per heavy atom. The van der Waals surface area contributed by atoms with E-state index in [2.05, 4.69) is 10.6 Å². The van der Waals surface area contributed by atoms with Gasteiger partial charge < -0.3 is 10.1 Å². The molecule has 0 radical (unpaired) electrons. The Morgan fingerprint density at radius 1 is 1.16 bits per heavy atom. The largest absolute Gasteiger partial charge is 0.462 e. The van der Waals surface area contributed by atoms with Crippen molar-refractivity contribution in [2.75, 3.05) is 11.9 Å². The number of hydrogen-bond acceptors (Lipinski definition) is 5. The predicted molar refractivity (Wildman–Crippen MR) is 105 cm³/mol. The molecule has 0 atom stereocenters. The molecule has 0 aliphatic carbocycles. The maximum atomic E-state index is 12.2. The first-order valence-corrected chi connectivity index (χ1v) is 9.02. The van der Waals surface area contributed by atoms with Gasteiger partial charge in [-0.25, -0.2) is 4.79 Å². The lowest BCUT2D eigenvalue weighted by molar-refractivity contribution is 0.0527. The molecular weight excluding hydrogens is 356 g/mol. The van der Waals surface area contributed by atoms with Gasteiger partial charge in [0.05, 0.1) is 12.2 Å². The molecule has 2 rings (SSSR count). The minimum absolute atomic E-state index is 0.136. The molecule has 1 aromatic heterocycles. The van der Waals surface area contributed by atoms with Crippen molar-refractivity contribution in [3.8, 4) is 0 Å². The van der Waals surface area contributed by atoms with Crippen LogP contribution in [-0.2, 0) is 4.74 Å². The second kappa shape index (κ2) is 8.22. The van der Waals surface area contributed by atoms with E-state index in [9.17, 15) is 9.59 Å². The molecule has 2 aromatic rings. The summed E-state index contributed by atoms with van der Waals surface area (Å²) in [7, 11) is 0. The van der Waals surface area contributed by atoms with E-state index in [0.717, 1.165) is 16.0 Å². The highest BCUT2D eigenvalue weighted by molar-refractivity contribution is 7.80. The summed E-state index contributed by atoms with van der Waals surface area (Å²) in [6.45, 7) is 7.78. The second-order valence-electron chi connectivity index (χ2n) is 5.48. The number of thiophene rings is 1. The van der Waals surface area contributed by atoms with Gasteiger partial charge in [-0.15, -0.1) is 11.3 Å². The molecule has 0 bridgehead atoms. The standard InChI is InChI=1S/C18H20N2O3S2/c1-5-23-17(22)14-11(3)12(4)25-16(14)20-18(24)19-15(21)13-8-6-10(2)7-9-13/h6-9H,5H2,1-4H3,(H2,19,20,21,24). The Labute approximate surface area is 156 Å². The minimum Gasteiger partial charge on any atom is -0.462 e. The first-order valence-electron chi connectivity index (χ1n) is 7.79. The molecule has 1 aromatic carbocycles. The van der Waals surface area contributed by atoms with Crippen LogP contribution in [0.15, 0.2) is 24.3 Å². The zero-order chi connectivity index (χ0) is 18.6. The highest BCUT2D eigenvalue weighted by Gasteiger charge is 2.21. The Balaban J connectivity index is 2.12. The summed E-state index contributed by atoms with van der Waals surface area (Å²) in [4.78, 5) is 25.4. The number of carbonyl (C=O) groups is 2. The van der Waals surface area contributed by atoms with Gasteiger partial charge in [0.25, 0.3) is 5.91 Å². The third kappa shape index (κ3) is 4.64. The SMILES string of the molecule is CCOC(=O)c1c(NC(=S)NC(=O)c2ccc(C)cc2)sc(C)c1C. The van der Waals surface area contributed by atoms with Crippen LogP contribution >= 0.6 is 23.6 Å². The van der Waals surface area contributed by atoms with Gasteiger partial charge in [-0.2, -0.15) is 0 Å². The fourth-order valence-electron chi connectivity index (χ4n) is 2.18. The van der Waals surface area contributed by atoms with Crippen LogP contribution in [0.2, 0.25) is 0 Å². The van der Waals surface area contributed by atoms with Crippen molar-refractivity contribution in [3.63, 3.8) is 0 Å². The van der Waals surface area contributed by atoms with E-state index in [1.807, 2.05) is 32.9 Å². The molecule has 7 heteroatoms.